The van der Waals surface area contributed by atoms with Crippen LogP contribution in [0.5, 0.6) is 0 Å². The number of hydrazine groups is 1. The van der Waals surface area contributed by atoms with Gasteiger partial charge in [0.15, 0.2) is 0 Å². The van der Waals surface area contributed by atoms with Gasteiger partial charge in [-0.1, -0.05) is 44.5 Å². The van der Waals surface area contributed by atoms with Gasteiger partial charge in [-0.2, -0.15) is 5.10 Å². The van der Waals surface area contributed by atoms with Gasteiger partial charge in [0.25, 0.3) is 0 Å². The fourth-order valence-electron chi connectivity index (χ4n) is 3.68. The molecule has 0 bridgehead atoms. The maximum absolute atomic E-state index is 12.7. The molecule has 1 fully saturated rings. The first-order chi connectivity index (χ1) is 17.3. The molecule has 2 heterocycles. The number of aliphatic hydroxyl groups is 2. The number of carbonyl (C=O) groups excluding carboxylic acids is 3. The number of amides is 4. The topological polar surface area (TPSA) is 140 Å². The van der Waals surface area contributed by atoms with E-state index >= 15 is 0 Å². The highest BCUT2D eigenvalue weighted by atomic mass is 35.5. The van der Waals surface area contributed by atoms with E-state index in [4.69, 9.17) is 11.6 Å². The Balaban J connectivity index is 1.56. The molecule has 1 aromatic heterocycles. The molecule has 12 heteroatoms. The lowest BCUT2D eigenvalue weighted by Gasteiger charge is -2.23. The molecule has 37 heavy (non-hydrogen) atoms. The molecule has 0 unspecified atom stereocenters. The fourth-order valence-corrected chi connectivity index (χ4v) is 3.81. The van der Waals surface area contributed by atoms with Crippen molar-refractivity contribution in [1.29, 1.82) is 0 Å². The number of likely N-dealkylation sites (N-methyl/N-ethyl adjacent to an activating group) is 1. The van der Waals surface area contributed by atoms with Crippen molar-refractivity contribution in [2.75, 3.05) is 17.7 Å². The Morgan fingerprint density at radius 1 is 1.00 bits per heavy atom. The molecule has 0 spiro atoms. The predicted molar refractivity (Wildman–Crippen MR) is 137 cm³/mol. The normalized spacial score (nSPS) is 15.3. The third-order valence-electron chi connectivity index (χ3n) is 5.82. The summed E-state index contributed by atoms with van der Waals surface area (Å²) < 4.78 is 1.59. The van der Waals surface area contributed by atoms with Gasteiger partial charge in [-0.15, -0.1) is 0 Å². The van der Waals surface area contributed by atoms with E-state index in [1.165, 1.54) is 7.05 Å². The number of nitrogens with zero attached hydrogens (tertiary/aromatic N) is 4. The molecule has 3 aromatic rings. The maximum atomic E-state index is 12.7. The summed E-state index contributed by atoms with van der Waals surface area (Å²) in [5.74, 6) is -4.87. The van der Waals surface area contributed by atoms with Crippen LogP contribution < -0.4 is 10.6 Å². The molecule has 0 atom stereocenters. The molecule has 2 aromatic carbocycles. The lowest BCUT2D eigenvalue weighted by Crippen LogP contribution is -2.43. The van der Waals surface area contributed by atoms with Crippen molar-refractivity contribution >= 4 is 41.0 Å². The van der Waals surface area contributed by atoms with Crippen molar-refractivity contribution in [2.24, 2.45) is 0 Å². The molecule has 4 rings (SSSR count). The molecule has 0 radical (unpaired) electrons. The molecular formula is C25H27ClN6O5. The average Bonchev–Trinajstić information content (AvgIpc) is 3.32. The molecular weight excluding hydrogens is 500 g/mol. The third kappa shape index (κ3) is 5.29. The highest BCUT2D eigenvalue weighted by molar-refractivity contribution is 6.30. The minimum Gasteiger partial charge on any atom is -0.351 e. The molecule has 11 nitrogen and oxygen atoms in total. The maximum Gasteiger partial charge on any atom is 0.330 e. The predicted octanol–water partition coefficient (Wildman–Crippen LogP) is 2.86. The van der Waals surface area contributed by atoms with Crippen LogP contribution in [0, 0.1) is 0 Å². The van der Waals surface area contributed by atoms with Crippen molar-refractivity contribution < 1.29 is 24.6 Å². The number of benzene rings is 2. The summed E-state index contributed by atoms with van der Waals surface area (Å²) in [6.07, 6.45) is 0. The van der Waals surface area contributed by atoms with E-state index < -0.39 is 23.6 Å². The first kappa shape index (κ1) is 26.1. The summed E-state index contributed by atoms with van der Waals surface area (Å²) in [4.78, 5) is 36.8. The number of rotatable bonds is 5. The summed E-state index contributed by atoms with van der Waals surface area (Å²) in [5.41, 5.74) is 2.30. The summed E-state index contributed by atoms with van der Waals surface area (Å²) in [5, 5.41) is 32.1. The summed E-state index contributed by atoms with van der Waals surface area (Å²) in [6, 6.07) is 15.0. The monoisotopic (exact) mass is 526 g/mol. The number of anilines is 2. The standard InChI is InChI=1S/C25H27ClN6O5/c1-24(2,3)19-13-20(28-23(35)27-17-9-7-16(26)8-10-17)32(29-19)18-11-5-15(6-12-18)14-31-22(34)25(36,37)21(33)30(31)4/h5-13,36-37H,14H2,1-4H3,(H2,27,28,35). The van der Waals surface area contributed by atoms with Gasteiger partial charge in [0, 0.05) is 29.2 Å². The van der Waals surface area contributed by atoms with E-state index in [-0.39, 0.29) is 12.0 Å². The SMILES string of the molecule is CN1C(=O)C(O)(O)C(=O)N1Cc1ccc(-n2nc(C(C)(C)C)cc2NC(=O)Nc2ccc(Cl)cc2)cc1. The first-order valence-electron chi connectivity index (χ1n) is 11.4. The van der Waals surface area contributed by atoms with Crippen LogP contribution >= 0.6 is 11.6 Å². The molecule has 1 aliphatic rings. The van der Waals surface area contributed by atoms with E-state index in [9.17, 15) is 24.6 Å². The molecule has 0 aliphatic carbocycles. The van der Waals surface area contributed by atoms with E-state index in [0.717, 1.165) is 15.7 Å². The number of carbonyl (C=O) groups is 3. The largest absolute Gasteiger partial charge is 0.351 e. The number of hydrogen-bond donors (Lipinski definition) is 4. The number of halogens is 1. The van der Waals surface area contributed by atoms with E-state index in [2.05, 4.69) is 15.7 Å². The Morgan fingerprint density at radius 3 is 2.16 bits per heavy atom. The van der Waals surface area contributed by atoms with E-state index in [1.807, 2.05) is 20.8 Å². The lowest BCUT2D eigenvalue weighted by molar-refractivity contribution is -0.186. The Labute approximate surface area is 218 Å². The van der Waals surface area contributed by atoms with Gasteiger partial charge >= 0.3 is 23.6 Å². The van der Waals surface area contributed by atoms with Crippen LogP contribution in [0.1, 0.15) is 32.0 Å². The highest BCUT2D eigenvalue weighted by Gasteiger charge is 2.55. The lowest BCUT2D eigenvalue weighted by atomic mass is 9.92. The van der Waals surface area contributed by atoms with Crippen LogP contribution in [0.4, 0.5) is 16.3 Å². The average molecular weight is 527 g/mol. The minimum absolute atomic E-state index is 0.0504. The zero-order valence-corrected chi connectivity index (χ0v) is 21.4. The van der Waals surface area contributed by atoms with Crippen LogP contribution in [0.3, 0.4) is 0 Å². The number of urea groups is 1. The van der Waals surface area contributed by atoms with E-state index in [1.54, 1.807) is 59.3 Å². The van der Waals surface area contributed by atoms with Crippen molar-refractivity contribution in [3.8, 4) is 5.69 Å². The molecule has 4 amide bonds. The van der Waals surface area contributed by atoms with Crippen molar-refractivity contribution in [1.82, 2.24) is 19.8 Å². The van der Waals surface area contributed by atoms with Crippen LogP contribution in [0.25, 0.3) is 5.69 Å². The molecule has 1 aliphatic heterocycles. The zero-order chi connectivity index (χ0) is 27.1. The van der Waals surface area contributed by atoms with Crippen LogP contribution in [0.2, 0.25) is 5.02 Å². The van der Waals surface area contributed by atoms with Crippen LogP contribution in [-0.4, -0.2) is 60.7 Å². The van der Waals surface area contributed by atoms with Gasteiger partial charge in [0.1, 0.15) is 5.82 Å². The smallest absolute Gasteiger partial charge is 0.330 e. The Hall–Kier alpha value is -3.93. The first-order valence-corrected chi connectivity index (χ1v) is 11.7. The van der Waals surface area contributed by atoms with Gasteiger partial charge in [0.2, 0.25) is 0 Å². The summed E-state index contributed by atoms with van der Waals surface area (Å²) in [6.45, 7) is 5.97. The van der Waals surface area contributed by atoms with Crippen LogP contribution in [0.15, 0.2) is 54.6 Å². The summed E-state index contributed by atoms with van der Waals surface area (Å²) in [7, 11) is 1.29. The molecule has 194 valence electrons. The van der Waals surface area contributed by atoms with Crippen molar-refractivity contribution in [3.63, 3.8) is 0 Å². The van der Waals surface area contributed by atoms with Gasteiger partial charge in [-0.25, -0.2) is 19.5 Å². The molecule has 4 N–H and O–H groups in total. The zero-order valence-electron chi connectivity index (χ0n) is 20.7. The van der Waals surface area contributed by atoms with Gasteiger partial charge in [0.05, 0.1) is 17.9 Å². The van der Waals surface area contributed by atoms with Crippen molar-refractivity contribution in [2.45, 2.75) is 38.5 Å². The second-order valence-electron chi connectivity index (χ2n) is 9.69. The number of nitrogens with one attached hydrogen (secondary N) is 2. The third-order valence-corrected chi connectivity index (χ3v) is 6.07. The quantitative estimate of drug-likeness (QED) is 0.298. The molecule has 0 saturated carbocycles. The van der Waals surface area contributed by atoms with Gasteiger partial charge in [-0.05, 0) is 42.0 Å². The Kier molecular flexibility index (Phi) is 6.72. The second-order valence-corrected chi connectivity index (χ2v) is 10.1. The fraction of sp³-hybridized carbons (Fsp3) is 0.280. The minimum atomic E-state index is -3.07. The Morgan fingerprint density at radius 2 is 1.62 bits per heavy atom. The number of aromatic nitrogens is 2. The highest BCUT2D eigenvalue weighted by Crippen LogP contribution is 2.28. The van der Waals surface area contributed by atoms with Crippen molar-refractivity contribution in [3.05, 3.63) is 70.9 Å². The number of hydrogen-bond acceptors (Lipinski definition) is 6. The van der Waals surface area contributed by atoms with Gasteiger partial charge in [-0.3, -0.25) is 14.9 Å². The van der Waals surface area contributed by atoms with Crippen LogP contribution in [-0.2, 0) is 21.5 Å². The molecule has 1 saturated heterocycles. The Bertz CT molecular complexity index is 1350. The second kappa shape index (κ2) is 9.51. The van der Waals surface area contributed by atoms with Gasteiger partial charge < -0.3 is 15.5 Å². The van der Waals surface area contributed by atoms with E-state index in [0.29, 0.717) is 27.8 Å². The summed E-state index contributed by atoms with van der Waals surface area (Å²) >= 11 is 5.90.